The minimum absolute atomic E-state index is 0.159. The molecule has 0 aliphatic rings. The molecule has 3 rings (SSSR count). The van der Waals surface area contributed by atoms with Crippen molar-refractivity contribution < 1.29 is 14.3 Å². The van der Waals surface area contributed by atoms with E-state index in [9.17, 15) is 9.59 Å². The van der Waals surface area contributed by atoms with Crippen LogP contribution < -0.4 is 10.6 Å². The van der Waals surface area contributed by atoms with Crippen molar-refractivity contribution in [2.24, 2.45) is 0 Å². The molecule has 5 nitrogen and oxygen atoms in total. The number of hydrogen-bond acceptors (Lipinski definition) is 4. The van der Waals surface area contributed by atoms with Gasteiger partial charge in [0.25, 0.3) is 5.91 Å². The Kier molecular flexibility index (Phi) is 6.07. The van der Waals surface area contributed by atoms with E-state index in [2.05, 4.69) is 10.6 Å². The monoisotopic (exact) mass is 374 g/mol. The van der Waals surface area contributed by atoms with Gasteiger partial charge in [-0.3, -0.25) is 4.79 Å². The Balaban J connectivity index is 1.69. The molecule has 28 heavy (non-hydrogen) atoms. The molecule has 0 atom stereocenters. The highest BCUT2D eigenvalue weighted by atomic mass is 16.5. The maximum atomic E-state index is 12.3. The van der Waals surface area contributed by atoms with Crippen LogP contribution in [-0.4, -0.2) is 18.5 Å². The lowest BCUT2D eigenvalue weighted by Crippen LogP contribution is -2.11. The number of rotatable bonds is 6. The number of carbonyl (C=O) groups is 2. The Morgan fingerprint density at radius 3 is 2.18 bits per heavy atom. The van der Waals surface area contributed by atoms with Gasteiger partial charge in [0, 0.05) is 16.9 Å². The maximum Gasteiger partial charge on any atom is 0.340 e. The van der Waals surface area contributed by atoms with Crippen molar-refractivity contribution in [1.29, 1.82) is 0 Å². The zero-order chi connectivity index (χ0) is 19.9. The van der Waals surface area contributed by atoms with E-state index in [0.29, 0.717) is 29.1 Å². The van der Waals surface area contributed by atoms with E-state index in [-0.39, 0.29) is 11.9 Å². The van der Waals surface area contributed by atoms with Gasteiger partial charge >= 0.3 is 5.97 Å². The highest BCUT2D eigenvalue weighted by Gasteiger charge is 2.12. The SMILES string of the molecule is CCOC(=O)c1ccccc1Nc1ccc(NC(=O)c2ccc(C)cc2)cc1. The number of ether oxygens (including phenoxy) is 1. The molecule has 0 bridgehead atoms. The zero-order valence-corrected chi connectivity index (χ0v) is 15.9. The van der Waals surface area contributed by atoms with Crippen LogP contribution in [0.5, 0.6) is 0 Å². The second-order valence-electron chi connectivity index (χ2n) is 6.29. The average molecular weight is 374 g/mol. The van der Waals surface area contributed by atoms with E-state index in [1.807, 2.05) is 43.3 Å². The van der Waals surface area contributed by atoms with Gasteiger partial charge in [-0.25, -0.2) is 4.79 Å². The molecule has 0 heterocycles. The number of aryl methyl sites for hydroxylation is 1. The van der Waals surface area contributed by atoms with E-state index in [0.717, 1.165) is 11.3 Å². The summed E-state index contributed by atoms with van der Waals surface area (Å²) in [5, 5.41) is 6.09. The fourth-order valence-electron chi connectivity index (χ4n) is 2.68. The normalized spacial score (nSPS) is 10.2. The van der Waals surface area contributed by atoms with Gasteiger partial charge in [-0.2, -0.15) is 0 Å². The van der Waals surface area contributed by atoms with Gasteiger partial charge < -0.3 is 15.4 Å². The van der Waals surface area contributed by atoms with Gasteiger partial charge in [0.1, 0.15) is 0 Å². The molecule has 142 valence electrons. The van der Waals surface area contributed by atoms with Crippen molar-refractivity contribution in [3.05, 3.63) is 89.5 Å². The van der Waals surface area contributed by atoms with Gasteiger partial charge in [-0.15, -0.1) is 0 Å². The second-order valence-corrected chi connectivity index (χ2v) is 6.29. The molecule has 0 saturated heterocycles. The predicted molar refractivity (Wildman–Crippen MR) is 111 cm³/mol. The molecular weight excluding hydrogens is 352 g/mol. The molecule has 2 N–H and O–H groups in total. The number of hydrogen-bond donors (Lipinski definition) is 2. The van der Waals surface area contributed by atoms with Gasteiger partial charge in [0.05, 0.1) is 17.9 Å². The van der Waals surface area contributed by atoms with Gasteiger partial charge in [0.2, 0.25) is 0 Å². The van der Waals surface area contributed by atoms with Crippen LogP contribution in [0.15, 0.2) is 72.8 Å². The molecular formula is C23H22N2O3. The first-order valence-corrected chi connectivity index (χ1v) is 9.08. The Morgan fingerprint density at radius 2 is 1.50 bits per heavy atom. The van der Waals surface area contributed by atoms with Crippen LogP contribution in [-0.2, 0) is 4.74 Å². The van der Waals surface area contributed by atoms with Crippen molar-refractivity contribution in [1.82, 2.24) is 0 Å². The molecule has 3 aromatic carbocycles. The first-order valence-electron chi connectivity index (χ1n) is 9.08. The maximum absolute atomic E-state index is 12.3. The summed E-state index contributed by atoms with van der Waals surface area (Å²) in [7, 11) is 0. The van der Waals surface area contributed by atoms with Crippen LogP contribution in [0.4, 0.5) is 17.1 Å². The van der Waals surface area contributed by atoms with E-state index in [1.54, 1.807) is 43.3 Å². The standard InChI is InChI=1S/C23H22N2O3/c1-3-28-23(27)20-6-4-5-7-21(20)24-18-12-14-19(15-13-18)25-22(26)17-10-8-16(2)9-11-17/h4-15,24H,3H2,1-2H3,(H,25,26). The lowest BCUT2D eigenvalue weighted by Gasteiger charge is -2.12. The fourth-order valence-corrected chi connectivity index (χ4v) is 2.68. The zero-order valence-electron chi connectivity index (χ0n) is 15.9. The number of esters is 1. The van der Waals surface area contributed by atoms with Gasteiger partial charge in [0.15, 0.2) is 0 Å². The molecule has 0 spiro atoms. The lowest BCUT2D eigenvalue weighted by atomic mass is 10.1. The topological polar surface area (TPSA) is 67.4 Å². The number of para-hydroxylation sites is 1. The molecule has 3 aromatic rings. The third-order valence-corrected chi connectivity index (χ3v) is 4.16. The quantitative estimate of drug-likeness (QED) is 0.584. The summed E-state index contributed by atoms with van der Waals surface area (Å²) in [5.41, 5.74) is 4.34. The summed E-state index contributed by atoms with van der Waals surface area (Å²) in [6, 6.07) is 21.9. The Labute approximate surface area is 164 Å². The number of benzene rings is 3. The average Bonchev–Trinajstić information content (AvgIpc) is 2.70. The van der Waals surface area contributed by atoms with Gasteiger partial charge in [-0.1, -0.05) is 29.8 Å². The fraction of sp³-hybridized carbons (Fsp3) is 0.130. The molecule has 0 saturated carbocycles. The summed E-state index contributed by atoms with van der Waals surface area (Å²) in [6.07, 6.45) is 0. The summed E-state index contributed by atoms with van der Waals surface area (Å²) >= 11 is 0. The molecule has 0 aromatic heterocycles. The van der Waals surface area contributed by atoms with Crippen molar-refractivity contribution in [3.63, 3.8) is 0 Å². The number of carbonyl (C=O) groups excluding carboxylic acids is 2. The summed E-state index contributed by atoms with van der Waals surface area (Å²) in [6.45, 7) is 4.08. The first kappa shape index (κ1) is 19.2. The lowest BCUT2D eigenvalue weighted by molar-refractivity contribution is 0.0527. The van der Waals surface area contributed by atoms with Crippen LogP contribution in [0.3, 0.4) is 0 Å². The summed E-state index contributed by atoms with van der Waals surface area (Å²) in [4.78, 5) is 24.4. The molecule has 0 radical (unpaired) electrons. The van der Waals surface area contributed by atoms with E-state index in [4.69, 9.17) is 4.74 Å². The highest BCUT2D eigenvalue weighted by molar-refractivity contribution is 6.04. The molecule has 0 fully saturated rings. The van der Waals surface area contributed by atoms with Crippen LogP contribution in [0, 0.1) is 6.92 Å². The second kappa shape index (κ2) is 8.86. The molecule has 1 amide bonds. The van der Waals surface area contributed by atoms with Crippen molar-refractivity contribution in [3.8, 4) is 0 Å². The molecule has 0 aliphatic carbocycles. The predicted octanol–water partition coefficient (Wildman–Crippen LogP) is 5.17. The number of nitrogens with one attached hydrogen (secondary N) is 2. The van der Waals surface area contributed by atoms with Crippen LogP contribution in [0.25, 0.3) is 0 Å². The Morgan fingerprint density at radius 1 is 0.857 bits per heavy atom. The number of anilines is 3. The van der Waals surface area contributed by atoms with E-state index < -0.39 is 0 Å². The smallest absolute Gasteiger partial charge is 0.340 e. The highest BCUT2D eigenvalue weighted by Crippen LogP contribution is 2.23. The third kappa shape index (κ3) is 4.76. The Bertz CT molecular complexity index is 964. The van der Waals surface area contributed by atoms with Crippen molar-refractivity contribution in [2.75, 3.05) is 17.2 Å². The minimum atomic E-state index is -0.368. The summed E-state index contributed by atoms with van der Waals surface area (Å²) < 4.78 is 5.09. The number of amides is 1. The van der Waals surface area contributed by atoms with Crippen molar-refractivity contribution >= 4 is 28.9 Å². The molecule has 0 unspecified atom stereocenters. The first-order chi connectivity index (χ1) is 13.6. The van der Waals surface area contributed by atoms with E-state index in [1.165, 1.54) is 0 Å². The van der Waals surface area contributed by atoms with Crippen LogP contribution in [0.1, 0.15) is 33.2 Å². The van der Waals surface area contributed by atoms with Crippen LogP contribution in [0.2, 0.25) is 0 Å². The summed E-state index contributed by atoms with van der Waals surface area (Å²) in [5.74, 6) is -0.527. The molecule has 0 aliphatic heterocycles. The molecule has 5 heteroatoms. The minimum Gasteiger partial charge on any atom is -0.462 e. The largest absolute Gasteiger partial charge is 0.462 e. The van der Waals surface area contributed by atoms with Crippen LogP contribution >= 0.6 is 0 Å². The Hall–Kier alpha value is -3.60. The van der Waals surface area contributed by atoms with E-state index >= 15 is 0 Å². The third-order valence-electron chi connectivity index (χ3n) is 4.16. The van der Waals surface area contributed by atoms with Gasteiger partial charge in [-0.05, 0) is 62.4 Å². The van der Waals surface area contributed by atoms with Crippen molar-refractivity contribution in [2.45, 2.75) is 13.8 Å².